The molecule has 1 amide bonds. The van der Waals surface area contributed by atoms with E-state index in [0.29, 0.717) is 5.82 Å². The fourth-order valence-electron chi connectivity index (χ4n) is 3.00. The Hall–Kier alpha value is -2.43. The smallest absolute Gasteiger partial charge is 0.290 e. The van der Waals surface area contributed by atoms with Gasteiger partial charge in [0.1, 0.15) is 0 Å². The van der Waals surface area contributed by atoms with Crippen molar-refractivity contribution in [1.29, 1.82) is 0 Å². The van der Waals surface area contributed by atoms with Crippen LogP contribution in [-0.4, -0.2) is 38.3 Å². The van der Waals surface area contributed by atoms with E-state index < -0.39 is 0 Å². The van der Waals surface area contributed by atoms with Crippen molar-refractivity contribution in [2.24, 2.45) is 0 Å². The lowest BCUT2D eigenvalue weighted by Crippen LogP contribution is -2.36. The number of amides is 1. The number of para-hydroxylation sites is 2. The molecule has 1 aromatic carbocycles. The Labute approximate surface area is 122 Å². The van der Waals surface area contributed by atoms with Crippen LogP contribution >= 0.6 is 0 Å². The van der Waals surface area contributed by atoms with Crippen molar-refractivity contribution in [2.45, 2.75) is 19.3 Å². The Balaban J connectivity index is 1.88. The number of fused-ring (bicyclic) bond motifs is 3. The number of hydrogen-bond donors (Lipinski definition) is 0. The number of rotatable bonds is 1. The molecule has 106 valence electrons. The highest BCUT2D eigenvalue weighted by Gasteiger charge is 2.22. The lowest BCUT2D eigenvalue weighted by atomic mass is 10.1. The molecule has 0 spiro atoms. The summed E-state index contributed by atoms with van der Waals surface area (Å²) in [5.74, 6) is 0.511. The Morgan fingerprint density at radius 2 is 1.76 bits per heavy atom. The Morgan fingerprint density at radius 3 is 2.62 bits per heavy atom. The first kappa shape index (κ1) is 12.3. The summed E-state index contributed by atoms with van der Waals surface area (Å²) >= 11 is 0. The number of piperidine rings is 1. The zero-order valence-electron chi connectivity index (χ0n) is 11.7. The fourth-order valence-corrected chi connectivity index (χ4v) is 3.00. The molecule has 0 atom stereocenters. The molecule has 0 aliphatic carbocycles. The van der Waals surface area contributed by atoms with Gasteiger partial charge in [0.15, 0.2) is 0 Å². The van der Waals surface area contributed by atoms with Gasteiger partial charge in [-0.15, -0.1) is 0 Å². The average molecular weight is 280 g/mol. The Kier molecular flexibility index (Phi) is 2.84. The molecule has 5 heteroatoms. The van der Waals surface area contributed by atoms with Crippen LogP contribution in [0.4, 0.5) is 0 Å². The minimum absolute atomic E-state index is 0.0195. The largest absolute Gasteiger partial charge is 0.336 e. The molecule has 0 radical (unpaired) electrons. The molecule has 1 fully saturated rings. The predicted octanol–water partition coefficient (Wildman–Crippen LogP) is 2.51. The normalized spacial score (nSPS) is 15.7. The molecule has 2 aromatic heterocycles. The first-order chi connectivity index (χ1) is 10.3. The van der Waals surface area contributed by atoms with E-state index in [1.54, 1.807) is 12.4 Å². The highest BCUT2D eigenvalue weighted by Crippen LogP contribution is 2.19. The lowest BCUT2D eigenvalue weighted by molar-refractivity contribution is 0.0711. The topological polar surface area (TPSA) is 50.5 Å². The molecule has 0 unspecified atom stereocenters. The van der Waals surface area contributed by atoms with E-state index in [0.717, 1.165) is 42.5 Å². The molecule has 3 aromatic rings. The van der Waals surface area contributed by atoms with Crippen LogP contribution in [0.2, 0.25) is 0 Å². The van der Waals surface area contributed by atoms with E-state index in [-0.39, 0.29) is 5.91 Å². The second kappa shape index (κ2) is 4.84. The van der Waals surface area contributed by atoms with Gasteiger partial charge in [-0.05, 0) is 31.4 Å². The Morgan fingerprint density at radius 1 is 1.00 bits per heavy atom. The van der Waals surface area contributed by atoms with Crippen molar-refractivity contribution in [3.63, 3.8) is 0 Å². The maximum Gasteiger partial charge on any atom is 0.290 e. The monoisotopic (exact) mass is 280 g/mol. The maximum atomic E-state index is 12.7. The average Bonchev–Trinajstić information content (AvgIpc) is 2.99. The van der Waals surface area contributed by atoms with Crippen LogP contribution in [0.25, 0.3) is 16.6 Å². The van der Waals surface area contributed by atoms with Gasteiger partial charge in [0.05, 0.1) is 28.9 Å². The van der Waals surface area contributed by atoms with Gasteiger partial charge in [0.2, 0.25) is 5.82 Å². The molecule has 3 heterocycles. The number of carbonyl (C=O) groups is 1. The van der Waals surface area contributed by atoms with Crippen LogP contribution in [0, 0.1) is 0 Å². The summed E-state index contributed by atoms with van der Waals surface area (Å²) in [5.41, 5.74) is 2.65. The molecule has 21 heavy (non-hydrogen) atoms. The van der Waals surface area contributed by atoms with Gasteiger partial charge in [-0.2, -0.15) is 0 Å². The third-order valence-corrected chi connectivity index (χ3v) is 4.08. The molecule has 1 aliphatic heterocycles. The van der Waals surface area contributed by atoms with Gasteiger partial charge in [0.25, 0.3) is 5.91 Å². The number of nitrogens with zero attached hydrogens (tertiary/aromatic N) is 4. The van der Waals surface area contributed by atoms with Gasteiger partial charge in [0, 0.05) is 13.1 Å². The van der Waals surface area contributed by atoms with Gasteiger partial charge < -0.3 is 4.90 Å². The third-order valence-electron chi connectivity index (χ3n) is 4.08. The van der Waals surface area contributed by atoms with Crippen molar-refractivity contribution >= 4 is 22.5 Å². The Bertz CT molecular complexity index is 817. The molecule has 0 saturated carbocycles. The summed E-state index contributed by atoms with van der Waals surface area (Å²) in [4.78, 5) is 23.4. The van der Waals surface area contributed by atoms with Crippen molar-refractivity contribution < 1.29 is 4.79 Å². The van der Waals surface area contributed by atoms with Gasteiger partial charge >= 0.3 is 0 Å². The zero-order valence-corrected chi connectivity index (χ0v) is 11.7. The molecule has 0 bridgehead atoms. The van der Waals surface area contributed by atoms with E-state index in [1.807, 2.05) is 33.6 Å². The van der Waals surface area contributed by atoms with Crippen LogP contribution in [-0.2, 0) is 0 Å². The molecular weight excluding hydrogens is 264 g/mol. The number of aromatic nitrogens is 3. The zero-order chi connectivity index (χ0) is 14.2. The van der Waals surface area contributed by atoms with E-state index in [2.05, 4.69) is 9.97 Å². The fraction of sp³-hybridized carbons (Fsp3) is 0.312. The lowest BCUT2D eigenvalue weighted by Gasteiger charge is -2.26. The second-order valence-corrected chi connectivity index (χ2v) is 5.44. The van der Waals surface area contributed by atoms with Crippen molar-refractivity contribution in [3.8, 4) is 0 Å². The summed E-state index contributed by atoms with van der Waals surface area (Å²) < 4.78 is 1.92. The SMILES string of the molecule is O=C(c1ncc2cnc3ccccc3n12)N1CCCCC1. The van der Waals surface area contributed by atoms with E-state index >= 15 is 0 Å². The van der Waals surface area contributed by atoms with E-state index in [4.69, 9.17) is 0 Å². The van der Waals surface area contributed by atoms with Crippen molar-refractivity contribution in [2.75, 3.05) is 13.1 Å². The summed E-state index contributed by atoms with van der Waals surface area (Å²) in [6.45, 7) is 1.66. The second-order valence-electron chi connectivity index (χ2n) is 5.44. The van der Waals surface area contributed by atoms with Gasteiger partial charge in [-0.3, -0.25) is 14.2 Å². The quantitative estimate of drug-likeness (QED) is 0.688. The third kappa shape index (κ3) is 1.96. The molecule has 1 aliphatic rings. The highest BCUT2D eigenvalue weighted by atomic mass is 16.2. The molecule has 5 nitrogen and oxygen atoms in total. The summed E-state index contributed by atoms with van der Waals surface area (Å²) in [7, 11) is 0. The van der Waals surface area contributed by atoms with Crippen molar-refractivity contribution in [3.05, 3.63) is 42.5 Å². The standard InChI is InChI=1S/C16H16N4O/c21-16(19-8-4-1-5-9-19)15-18-11-12-10-17-13-6-2-3-7-14(13)20(12)15/h2-3,6-7,10-11H,1,4-5,8-9H2. The minimum Gasteiger partial charge on any atom is -0.336 e. The summed E-state index contributed by atoms with van der Waals surface area (Å²) in [5, 5.41) is 0. The number of imidazole rings is 1. The summed E-state index contributed by atoms with van der Waals surface area (Å²) in [6.07, 6.45) is 6.85. The molecule has 4 rings (SSSR count). The first-order valence-corrected chi connectivity index (χ1v) is 7.35. The van der Waals surface area contributed by atoms with Gasteiger partial charge in [-0.1, -0.05) is 12.1 Å². The first-order valence-electron chi connectivity index (χ1n) is 7.35. The van der Waals surface area contributed by atoms with Crippen LogP contribution in [0.3, 0.4) is 0 Å². The number of benzene rings is 1. The molecule has 0 N–H and O–H groups in total. The minimum atomic E-state index is 0.0195. The van der Waals surface area contributed by atoms with E-state index in [1.165, 1.54) is 6.42 Å². The van der Waals surface area contributed by atoms with Crippen LogP contribution in [0.15, 0.2) is 36.7 Å². The number of likely N-dealkylation sites (tertiary alicyclic amines) is 1. The number of carbonyl (C=O) groups excluding carboxylic acids is 1. The molecular formula is C16H16N4O. The highest BCUT2D eigenvalue weighted by molar-refractivity contribution is 5.94. The number of hydrogen-bond acceptors (Lipinski definition) is 3. The van der Waals surface area contributed by atoms with E-state index in [9.17, 15) is 4.79 Å². The maximum absolute atomic E-state index is 12.7. The van der Waals surface area contributed by atoms with Crippen molar-refractivity contribution in [1.82, 2.24) is 19.3 Å². The van der Waals surface area contributed by atoms with Crippen LogP contribution in [0.1, 0.15) is 29.9 Å². The van der Waals surface area contributed by atoms with Gasteiger partial charge in [-0.25, -0.2) is 4.98 Å². The molecule has 1 saturated heterocycles. The summed E-state index contributed by atoms with van der Waals surface area (Å²) in [6, 6.07) is 7.83. The van der Waals surface area contributed by atoms with Crippen LogP contribution in [0.5, 0.6) is 0 Å². The predicted molar refractivity (Wildman–Crippen MR) is 80.2 cm³/mol. The van der Waals surface area contributed by atoms with Crippen LogP contribution < -0.4 is 0 Å².